The number of para-hydroxylation sites is 1. The molecule has 0 bridgehead atoms. The topological polar surface area (TPSA) is 50.2 Å². The average molecular weight is 391 g/mol. The van der Waals surface area contributed by atoms with Gasteiger partial charge in [-0.15, -0.1) is 0 Å². The molecule has 3 rings (SSSR count). The second-order valence-corrected chi connectivity index (χ2v) is 7.44. The second-order valence-electron chi connectivity index (χ2n) is 7.44. The number of carbonyl (C=O) groups is 1. The highest BCUT2D eigenvalue weighted by Gasteiger charge is 2.22. The number of carbonyl (C=O) groups excluding carboxylic acids is 1. The standard InChI is InChI=1S/C24H30N4O/c1-5-23(27(4)17-20-12-8-6-9-13-20)24(29)25-16-22-18(2)26-28(19(22)3)21-14-10-7-11-15-21/h6-15,23H,5,16-17H2,1-4H3,(H,25,29)/t23-/m0/s1. The number of hydrogen-bond donors (Lipinski definition) is 1. The highest BCUT2D eigenvalue weighted by Crippen LogP contribution is 2.18. The fourth-order valence-corrected chi connectivity index (χ4v) is 3.72. The van der Waals surface area contributed by atoms with E-state index in [2.05, 4.69) is 34.4 Å². The first-order chi connectivity index (χ1) is 14.0. The molecule has 1 heterocycles. The molecule has 0 spiro atoms. The highest BCUT2D eigenvalue weighted by molar-refractivity contribution is 5.81. The van der Waals surface area contributed by atoms with E-state index in [-0.39, 0.29) is 11.9 Å². The first-order valence-electron chi connectivity index (χ1n) is 10.1. The molecule has 1 atom stereocenters. The van der Waals surface area contributed by atoms with E-state index in [1.54, 1.807) is 0 Å². The first kappa shape index (κ1) is 20.8. The van der Waals surface area contributed by atoms with Gasteiger partial charge in [-0.1, -0.05) is 55.5 Å². The lowest BCUT2D eigenvalue weighted by atomic mass is 10.1. The van der Waals surface area contributed by atoms with Crippen molar-refractivity contribution in [3.8, 4) is 5.69 Å². The zero-order valence-corrected chi connectivity index (χ0v) is 17.7. The van der Waals surface area contributed by atoms with Gasteiger partial charge >= 0.3 is 0 Å². The van der Waals surface area contributed by atoms with Crippen molar-refractivity contribution in [2.24, 2.45) is 0 Å². The molecule has 152 valence electrons. The zero-order chi connectivity index (χ0) is 20.8. The lowest BCUT2D eigenvalue weighted by Crippen LogP contribution is -2.44. The maximum absolute atomic E-state index is 12.9. The van der Waals surface area contributed by atoms with E-state index in [1.165, 1.54) is 5.56 Å². The van der Waals surface area contributed by atoms with Gasteiger partial charge in [0.05, 0.1) is 17.4 Å². The lowest BCUT2D eigenvalue weighted by molar-refractivity contribution is -0.126. The minimum Gasteiger partial charge on any atom is -0.351 e. The van der Waals surface area contributed by atoms with E-state index < -0.39 is 0 Å². The molecule has 0 saturated carbocycles. The zero-order valence-electron chi connectivity index (χ0n) is 17.7. The molecule has 0 aliphatic rings. The first-order valence-corrected chi connectivity index (χ1v) is 10.1. The Labute approximate surface area is 173 Å². The number of likely N-dealkylation sites (N-methyl/N-ethyl adjacent to an activating group) is 1. The average Bonchev–Trinajstić information content (AvgIpc) is 3.02. The van der Waals surface area contributed by atoms with Crippen LogP contribution in [-0.2, 0) is 17.9 Å². The monoisotopic (exact) mass is 390 g/mol. The number of benzene rings is 2. The summed E-state index contributed by atoms with van der Waals surface area (Å²) in [5.41, 5.74) is 5.30. The van der Waals surface area contributed by atoms with E-state index in [0.717, 1.165) is 35.6 Å². The van der Waals surface area contributed by atoms with Gasteiger partial charge in [-0.05, 0) is 45.0 Å². The summed E-state index contributed by atoms with van der Waals surface area (Å²) in [6.07, 6.45) is 0.760. The third-order valence-electron chi connectivity index (χ3n) is 5.38. The summed E-state index contributed by atoms with van der Waals surface area (Å²) in [6, 6.07) is 20.1. The van der Waals surface area contributed by atoms with Crippen molar-refractivity contribution >= 4 is 5.91 Å². The maximum atomic E-state index is 12.9. The van der Waals surface area contributed by atoms with Crippen molar-refractivity contribution in [2.45, 2.75) is 46.3 Å². The van der Waals surface area contributed by atoms with Crippen molar-refractivity contribution in [1.29, 1.82) is 0 Å². The predicted octanol–water partition coefficient (Wildman–Crippen LogP) is 4.02. The van der Waals surface area contributed by atoms with Gasteiger partial charge in [0.1, 0.15) is 0 Å². The molecule has 1 amide bonds. The Bertz CT molecular complexity index is 934. The summed E-state index contributed by atoms with van der Waals surface area (Å²) >= 11 is 0. The molecule has 0 aliphatic carbocycles. The SMILES string of the molecule is CC[C@@H](C(=O)NCc1c(C)nn(-c2ccccc2)c1C)N(C)Cc1ccccc1. The van der Waals surface area contributed by atoms with Crippen LogP contribution in [0.25, 0.3) is 5.69 Å². The van der Waals surface area contributed by atoms with E-state index in [9.17, 15) is 4.79 Å². The molecule has 29 heavy (non-hydrogen) atoms. The third kappa shape index (κ3) is 4.93. The van der Waals surface area contributed by atoms with E-state index in [4.69, 9.17) is 0 Å². The van der Waals surface area contributed by atoms with E-state index in [0.29, 0.717) is 6.54 Å². The van der Waals surface area contributed by atoms with Gasteiger partial charge < -0.3 is 5.32 Å². The van der Waals surface area contributed by atoms with Gasteiger partial charge in [0.2, 0.25) is 5.91 Å². The van der Waals surface area contributed by atoms with Crippen LogP contribution in [0.4, 0.5) is 0 Å². The quantitative estimate of drug-likeness (QED) is 0.632. The van der Waals surface area contributed by atoms with Crippen molar-refractivity contribution < 1.29 is 4.79 Å². The van der Waals surface area contributed by atoms with Crippen molar-refractivity contribution in [3.05, 3.63) is 83.2 Å². The minimum atomic E-state index is -0.167. The van der Waals surface area contributed by atoms with Gasteiger partial charge in [0, 0.05) is 24.3 Å². The van der Waals surface area contributed by atoms with Crippen LogP contribution < -0.4 is 5.32 Å². The van der Waals surface area contributed by atoms with Gasteiger partial charge in [0.25, 0.3) is 0 Å². The number of amides is 1. The fraction of sp³-hybridized carbons (Fsp3) is 0.333. The van der Waals surface area contributed by atoms with Crippen molar-refractivity contribution in [3.63, 3.8) is 0 Å². The fourth-order valence-electron chi connectivity index (χ4n) is 3.72. The lowest BCUT2D eigenvalue weighted by Gasteiger charge is -2.26. The third-order valence-corrected chi connectivity index (χ3v) is 5.38. The molecule has 5 heteroatoms. The number of hydrogen-bond acceptors (Lipinski definition) is 3. The molecule has 0 saturated heterocycles. The van der Waals surface area contributed by atoms with Crippen molar-refractivity contribution in [1.82, 2.24) is 20.0 Å². The Hall–Kier alpha value is -2.92. The smallest absolute Gasteiger partial charge is 0.237 e. The second kappa shape index (κ2) is 9.52. The van der Waals surface area contributed by atoms with Crippen LogP contribution in [0, 0.1) is 13.8 Å². The summed E-state index contributed by atoms with van der Waals surface area (Å²) in [7, 11) is 2.00. The minimum absolute atomic E-state index is 0.0530. The largest absolute Gasteiger partial charge is 0.351 e. The number of aryl methyl sites for hydroxylation is 1. The van der Waals surface area contributed by atoms with E-state index in [1.807, 2.05) is 74.1 Å². The Morgan fingerprint density at radius 1 is 1.07 bits per heavy atom. The van der Waals surface area contributed by atoms with Crippen LogP contribution in [-0.4, -0.2) is 33.7 Å². The summed E-state index contributed by atoms with van der Waals surface area (Å²) in [4.78, 5) is 15.0. The van der Waals surface area contributed by atoms with Gasteiger partial charge in [0.15, 0.2) is 0 Å². The van der Waals surface area contributed by atoms with Gasteiger partial charge in [-0.25, -0.2) is 4.68 Å². The molecule has 3 aromatic rings. The molecule has 2 aromatic carbocycles. The highest BCUT2D eigenvalue weighted by atomic mass is 16.2. The molecule has 0 radical (unpaired) electrons. The van der Waals surface area contributed by atoms with Crippen LogP contribution in [0.1, 0.15) is 35.9 Å². The summed E-state index contributed by atoms with van der Waals surface area (Å²) in [5, 5.41) is 7.80. The maximum Gasteiger partial charge on any atom is 0.237 e. The molecule has 0 aliphatic heterocycles. The van der Waals surface area contributed by atoms with Crippen LogP contribution >= 0.6 is 0 Å². The van der Waals surface area contributed by atoms with Gasteiger partial charge in [-0.2, -0.15) is 5.10 Å². The Kier molecular flexibility index (Phi) is 6.83. The molecule has 0 unspecified atom stereocenters. The Morgan fingerprint density at radius 2 is 1.69 bits per heavy atom. The number of nitrogens with one attached hydrogen (secondary N) is 1. The Balaban J connectivity index is 1.67. The Morgan fingerprint density at radius 3 is 2.31 bits per heavy atom. The number of nitrogens with zero attached hydrogens (tertiary/aromatic N) is 3. The molecular weight excluding hydrogens is 360 g/mol. The predicted molar refractivity (Wildman–Crippen MR) is 117 cm³/mol. The molecule has 5 nitrogen and oxygen atoms in total. The van der Waals surface area contributed by atoms with Crippen molar-refractivity contribution in [2.75, 3.05) is 7.05 Å². The van der Waals surface area contributed by atoms with Crippen LogP contribution in [0.2, 0.25) is 0 Å². The van der Waals surface area contributed by atoms with Crippen LogP contribution in [0.5, 0.6) is 0 Å². The summed E-state index contributed by atoms with van der Waals surface area (Å²) in [5.74, 6) is 0.0530. The number of rotatable bonds is 8. The van der Waals surface area contributed by atoms with Crippen LogP contribution in [0.3, 0.4) is 0 Å². The summed E-state index contributed by atoms with van der Waals surface area (Å²) < 4.78 is 1.94. The summed E-state index contributed by atoms with van der Waals surface area (Å²) in [6.45, 7) is 7.32. The molecule has 1 N–H and O–H groups in total. The number of aromatic nitrogens is 2. The van der Waals surface area contributed by atoms with Gasteiger partial charge in [-0.3, -0.25) is 9.69 Å². The molecule has 1 aromatic heterocycles. The molecule has 0 fully saturated rings. The normalized spacial score (nSPS) is 12.2. The van der Waals surface area contributed by atoms with Crippen LogP contribution in [0.15, 0.2) is 60.7 Å². The molecular formula is C24H30N4O. The van der Waals surface area contributed by atoms with E-state index >= 15 is 0 Å².